The highest BCUT2D eigenvalue weighted by molar-refractivity contribution is 6.30. The van der Waals surface area contributed by atoms with Crippen molar-refractivity contribution in [2.75, 3.05) is 6.54 Å². The molecule has 4 aromatic rings. The van der Waals surface area contributed by atoms with Crippen LogP contribution in [0.3, 0.4) is 0 Å². The van der Waals surface area contributed by atoms with E-state index in [9.17, 15) is 23.9 Å². The fourth-order valence-electron chi connectivity index (χ4n) is 6.28. The zero-order chi connectivity index (χ0) is 29.9. The van der Waals surface area contributed by atoms with E-state index in [0.29, 0.717) is 36.8 Å². The maximum atomic E-state index is 14.7. The van der Waals surface area contributed by atoms with E-state index in [1.807, 2.05) is 18.2 Å². The summed E-state index contributed by atoms with van der Waals surface area (Å²) in [7, 11) is 0. The summed E-state index contributed by atoms with van der Waals surface area (Å²) in [4.78, 5) is 49.4. The summed E-state index contributed by atoms with van der Waals surface area (Å²) in [5.74, 6) is -2.67. The van der Waals surface area contributed by atoms with Gasteiger partial charge < -0.3 is 15.3 Å². The van der Waals surface area contributed by atoms with Crippen LogP contribution in [0.25, 0.3) is 16.8 Å². The molecule has 7 rings (SSSR count). The van der Waals surface area contributed by atoms with E-state index in [4.69, 9.17) is 11.6 Å². The van der Waals surface area contributed by atoms with Gasteiger partial charge in [-0.15, -0.1) is 5.10 Å². The van der Waals surface area contributed by atoms with Crippen LogP contribution < -0.4 is 5.32 Å². The van der Waals surface area contributed by atoms with Crippen LogP contribution in [0, 0.1) is 5.82 Å². The lowest BCUT2D eigenvalue weighted by atomic mass is 9.86. The third kappa shape index (κ3) is 4.45. The molecule has 216 valence electrons. The molecule has 1 fully saturated rings. The lowest BCUT2D eigenvalue weighted by Gasteiger charge is -2.37. The number of carbonyl (C=O) groups is 3. The Morgan fingerprint density at radius 3 is 2.63 bits per heavy atom. The maximum Gasteiger partial charge on any atom is 0.331 e. The first-order valence-electron chi connectivity index (χ1n) is 13.6. The number of amides is 2. The van der Waals surface area contributed by atoms with Gasteiger partial charge >= 0.3 is 5.97 Å². The number of aliphatic carboxylic acids is 1. The third-order valence-electron chi connectivity index (χ3n) is 8.41. The number of aromatic nitrogens is 5. The quantitative estimate of drug-likeness (QED) is 0.342. The van der Waals surface area contributed by atoms with E-state index >= 15 is 0 Å². The minimum atomic E-state index is -1.04. The van der Waals surface area contributed by atoms with Gasteiger partial charge in [-0.3, -0.25) is 9.59 Å². The Labute approximate surface area is 249 Å². The molecule has 0 saturated heterocycles. The summed E-state index contributed by atoms with van der Waals surface area (Å²) < 4.78 is 15.8. The summed E-state index contributed by atoms with van der Waals surface area (Å²) in [6, 6.07) is 8.91. The van der Waals surface area contributed by atoms with Crippen LogP contribution in [-0.2, 0) is 16.0 Å². The van der Waals surface area contributed by atoms with Crippen molar-refractivity contribution in [1.82, 2.24) is 35.2 Å². The minimum absolute atomic E-state index is 0.0228. The minimum Gasteiger partial charge on any atom is -0.478 e. The van der Waals surface area contributed by atoms with Gasteiger partial charge in [0.25, 0.3) is 5.91 Å². The van der Waals surface area contributed by atoms with Gasteiger partial charge in [0.2, 0.25) is 5.91 Å². The topological polar surface area (TPSA) is 143 Å². The molecule has 3 heterocycles. The van der Waals surface area contributed by atoms with Crippen molar-refractivity contribution < 1.29 is 23.9 Å². The lowest BCUT2D eigenvalue weighted by molar-refractivity contribution is -0.132. The fraction of sp³-hybridized carbons (Fsp3) is 0.233. The molecule has 43 heavy (non-hydrogen) atoms. The SMILES string of the molecule is O=C(O)C1=C2CC2(NC(=O)C2c3cccc(-c4cncnc4)c3CCN2C(=O)c2cn(-c3cccc(Cl)c3F)nn2)CC1. The number of carboxylic acid groups (broad SMARTS) is 1. The van der Waals surface area contributed by atoms with Crippen LogP contribution >= 0.6 is 11.6 Å². The molecular formula is C30H23ClFN7O4. The molecule has 0 radical (unpaired) electrons. The summed E-state index contributed by atoms with van der Waals surface area (Å²) in [6.07, 6.45) is 7.88. The van der Waals surface area contributed by atoms with Gasteiger partial charge in [-0.05, 0) is 60.1 Å². The molecule has 2 aromatic carbocycles. The number of hydrogen-bond acceptors (Lipinski definition) is 7. The molecule has 13 heteroatoms. The van der Waals surface area contributed by atoms with Gasteiger partial charge in [0.05, 0.1) is 16.8 Å². The van der Waals surface area contributed by atoms with E-state index in [1.165, 1.54) is 29.6 Å². The lowest BCUT2D eigenvalue weighted by Crippen LogP contribution is -2.50. The molecule has 2 aliphatic carbocycles. The highest BCUT2D eigenvalue weighted by Gasteiger charge is 2.57. The van der Waals surface area contributed by atoms with Crippen molar-refractivity contribution in [1.29, 1.82) is 0 Å². The Kier molecular flexibility index (Phi) is 6.31. The second-order valence-electron chi connectivity index (χ2n) is 10.8. The van der Waals surface area contributed by atoms with Crippen molar-refractivity contribution in [2.24, 2.45) is 0 Å². The van der Waals surface area contributed by atoms with E-state index in [-0.39, 0.29) is 22.9 Å². The highest BCUT2D eigenvalue weighted by Crippen LogP contribution is 2.55. The van der Waals surface area contributed by atoms with E-state index < -0.39 is 35.2 Å². The van der Waals surface area contributed by atoms with Crippen molar-refractivity contribution in [2.45, 2.75) is 37.3 Å². The molecule has 3 aliphatic rings. The summed E-state index contributed by atoms with van der Waals surface area (Å²) in [5, 5.41) is 20.5. The number of halogens is 2. The first-order valence-corrected chi connectivity index (χ1v) is 14.0. The number of carboxylic acids is 1. The Morgan fingerprint density at radius 1 is 1.09 bits per heavy atom. The van der Waals surface area contributed by atoms with E-state index in [0.717, 1.165) is 26.9 Å². The van der Waals surface area contributed by atoms with Crippen molar-refractivity contribution >= 4 is 29.4 Å². The number of fused-ring (bicyclic) bond motifs is 2. The van der Waals surface area contributed by atoms with Crippen LogP contribution in [0.1, 0.15) is 46.9 Å². The fourth-order valence-corrected chi connectivity index (χ4v) is 6.45. The number of nitrogens with zero attached hydrogens (tertiary/aromatic N) is 6. The van der Waals surface area contributed by atoms with Crippen LogP contribution in [-0.4, -0.2) is 64.8 Å². The van der Waals surface area contributed by atoms with Crippen LogP contribution in [0.15, 0.2) is 72.5 Å². The van der Waals surface area contributed by atoms with Crippen LogP contribution in [0.5, 0.6) is 0 Å². The molecule has 1 saturated carbocycles. The Balaban J connectivity index is 1.26. The Hall–Kier alpha value is -4.97. The molecule has 11 nitrogen and oxygen atoms in total. The van der Waals surface area contributed by atoms with Gasteiger partial charge in [-0.2, -0.15) is 0 Å². The normalized spacial score (nSPS) is 20.4. The van der Waals surface area contributed by atoms with E-state index in [2.05, 4.69) is 25.6 Å². The van der Waals surface area contributed by atoms with Crippen molar-refractivity contribution in [3.8, 4) is 16.8 Å². The first-order chi connectivity index (χ1) is 20.8. The molecule has 2 unspecified atom stereocenters. The van der Waals surface area contributed by atoms with Crippen LogP contribution in [0.4, 0.5) is 4.39 Å². The third-order valence-corrected chi connectivity index (χ3v) is 8.70. The molecule has 0 spiro atoms. The average Bonchev–Trinajstić information content (AvgIpc) is 3.32. The van der Waals surface area contributed by atoms with Gasteiger partial charge in [0.1, 0.15) is 18.1 Å². The molecule has 2 atom stereocenters. The number of benzene rings is 2. The van der Waals surface area contributed by atoms with Gasteiger partial charge in [0.15, 0.2) is 11.5 Å². The first kappa shape index (κ1) is 26.9. The average molecular weight is 600 g/mol. The standard InChI is InChI=1S/C30H23ClFN7O4/c31-22-5-2-6-24(25(22)32)39-14-23(36-37-39)28(41)38-10-8-18-17(16-12-33-15-34-13-16)3-1-4-19(18)26(38)27(40)35-30-9-7-20(29(42)43)21(30)11-30/h1-6,12-15,26H,7-11H2,(H,35,40)(H,42,43). The molecular weight excluding hydrogens is 577 g/mol. The smallest absolute Gasteiger partial charge is 0.331 e. The monoisotopic (exact) mass is 599 g/mol. The number of hydrogen-bond donors (Lipinski definition) is 2. The predicted molar refractivity (Wildman–Crippen MR) is 151 cm³/mol. The Morgan fingerprint density at radius 2 is 1.88 bits per heavy atom. The largest absolute Gasteiger partial charge is 0.478 e. The molecule has 0 bridgehead atoms. The zero-order valence-electron chi connectivity index (χ0n) is 22.5. The summed E-state index contributed by atoms with van der Waals surface area (Å²) >= 11 is 5.92. The molecule has 2 amide bonds. The number of carbonyl (C=O) groups excluding carboxylic acids is 2. The number of nitrogens with one attached hydrogen (secondary N) is 1. The van der Waals surface area contributed by atoms with Crippen LogP contribution in [0.2, 0.25) is 5.02 Å². The molecule has 1 aliphatic heterocycles. The highest BCUT2D eigenvalue weighted by atomic mass is 35.5. The molecule has 2 N–H and O–H groups in total. The molecule has 2 aromatic heterocycles. The Bertz CT molecular complexity index is 1860. The van der Waals surface area contributed by atoms with E-state index in [1.54, 1.807) is 18.5 Å². The van der Waals surface area contributed by atoms with Gasteiger partial charge in [-0.25, -0.2) is 23.8 Å². The number of rotatable bonds is 6. The maximum absolute atomic E-state index is 14.7. The van der Waals surface area contributed by atoms with Gasteiger partial charge in [0, 0.05) is 30.1 Å². The summed E-state index contributed by atoms with van der Waals surface area (Å²) in [6.45, 7) is 0.184. The summed E-state index contributed by atoms with van der Waals surface area (Å²) in [5.41, 5.74) is 3.44. The van der Waals surface area contributed by atoms with Crippen molar-refractivity contribution in [3.05, 3.63) is 100 Å². The predicted octanol–water partition coefficient (Wildman–Crippen LogP) is 3.69. The van der Waals surface area contributed by atoms with Gasteiger partial charge in [-0.1, -0.05) is 41.1 Å². The second kappa shape index (κ2) is 10.1. The zero-order valence-corrected chi connectivity index (χ0v) is 23.3. The second-order valence-corrected chi connectivity index (χ2v) is 11.2. The van der Waals surface area contributed by atoms with Crippen molar-refractivity contribution in [3.63, 3.8) is 0 Å².